The minimum absolute atomic E-state index is 0.288. The van der Waals surface area contributed by atoms with Crippen LogP contribution < -0.4 is 4.72 Å². The average molecular weight is 345 g/mol. The Morgan fingerprint density at radius 1 is 1.36 bits per heavy atom. The Labute approximate surface area is 137 Å². The molecule has 0 aromatic heterocycles. The molecule has 1 unspecified atom stereocenters. The summed E-state index contributed by atoms with van der Waals surface area (Å²) in [6.07, 6.45) is 3.93. The Kier molecular flexibility index (Phi) is 6.70. The van der Waals surface area contributed by atoms with Crippen LogP contribution in [0.15, 0.2) is 29.2 Å². The molecule has 0 aliphatic carbocycles. The van der Waals surface area contributed by atoms with Gasteiger partial charge in [-0.05, 0) is 42.7 Å². The van der Waals surface area contributed by atoms with Crippen molar-refractivity contribution in [3.8, 4) is 0 Å². The molecule has 124 valence electrons. The molecule has 0 bridgehead atoms. The lowest BCUT2D eigenvalue weighted by Gasteiger charge is -2.31. The Morgan fingerprint density at radius 3 is 2.73 bits per heavy atom. The van der Waals surface area contributed by atoms with Crippen LogP contribution in [0.5, 0.6) is 0 Å². The van der Waals surface area contributed by atoms with E-state index >= 15 is 0 Å². The van der Waals surface area contributed by atoms with E-state index in [9.17, 15) is 8.42 Å². The fourth-order valence-electron chi connectivity index (χ4n) is 2.63. The number of nitrogens with zero attached hydrogens (tertiary/aromatic N) is 1. The van der Waals surface area contributed by atoms with E-state index < -0.39 is 10.2 Å². The molecule has 0 radical (unpaired) electrons. The van der Waals surface area contributed by atoms with Crippen molar-refractivity contribution < 1.29 is 13.2 Å². The number of ether oxygens (including phenoxy) is 1. The molecule has 0 amide bonds. The predicted molar refractivity (Wildman–Crippen MR) is 90.2 cm³/mol. The van der Waals surface area contributed by atoms with Crippen LogP contribution in [0, 0.1) is 5.92 Å². The van der Waals surface area contributed by atoms with Crippen molar-refractivity contribution in [2.75, 3.05) is 33.1 Å². The van der Waals surface area contributed by atoms with Gasteiger partial charge in [0, 0.05) is 31.6 Å². The van der Waals surface area contributed by atoms with Gasteiger partial charge in [-0.1, -0.05) is 12.1 Å². The monoisotopic (exact) mass is 344 g/mol. The molecule has 1 aliphatic heterocycles. The van der Waals surface area contributed by atoms with Gasteiger partial charge in [-0.2, -0.15) is 17.4 Å². The SMILES string of the molecule is COCC1CCCN(S(=O)(=O)NCc2ccc(SC)cc2)C1. The highest BCUT2D eigenvalue weighted by Crippen LogP contribution is 2.19. The molecule has 1 aromatic rings. The van der Waals surface area contributed by atoms with E-state index in [1.807, 2.05) is 30.5 Å². The first kappa shape index (κ1) is 17.7. The molecule has 5 nitrogen and oxygen atoms in total. The molecule has 1 fully saturated rings. The summed E-state index contributed by atoms with van der Waals surface area (Å²) in [4.78, 5) is 1.17. The summed E-state index contributed by atoms with van der Waals surface area (Å²) in [5.74, 6) is 0.288. The smallest absolute Gasteiger partial charge is 0.279 e. The van der Waals surface area contributed by atoms with Crippen LogP contribution in [0.3, 0.4) is 0 Å². The highest BCUT2D eigenvalue weighted by Gasteiger charge is 2.28. The molecule has 0 saturated carbocycles. The number of hydrogen-bond donors (Lipinski definition) is 1. The molecule has 1 aliphatic rings. The maximum absolute atomic E-state index is 12.4. The molecule has 1 N–H and O–H groups in total. The fourth-order valence-corrected chi connectivity index (χ4v) is 4.34. The fraction of sp³-hybridized carbons (Fsp3) is 0.600. The number of benzene rings is 1. The van der Waals surface area contributed by atoms with E-state index in [2.05, 4.69) is 4.72 Å². The van der Waals surface area contributed by atoms with Crippen molar-refractivity contribution in [2.24, 2.45) is 5.92 Å². The zero-order valence-corrected chi connectivity index (χ0v) is 14.8. The molecule has 1 heterocycles. The van der Waals surface area contributed by atoms with E-state index in [0.717, 1.165) is 18.4 Å². The molecular weight excluding hydrogens is 320 g/mol. The average Bonchev–Trinajstić information content (AvgIpc) is 2.54. The quantitative estimate of drug-likeness (QED) is 0.770. The van der Waals surface area contributed by atoms with Gasteiger partial charge >= 0.3 is 0 Å². The molecule has 1 atom stereocenters. The molecule has 2 rings (SSSR count). The maximum Gasteiger partial charge on any atom is 0.279 e. The van der Waals surface area contributed by atoms with E-state index in [0.29, 0.717) is 26.2 Å². The van der Waals surface area contributed by atoms with Crippen molar-refractivity contribution in [1.29, 1.82) is 0 Å². The van der Waals surface area contributed by atoms with Gasteiger partial charge in [0.1, 0.15) is 0 Å². The van der Waals surface area contributed by atoms with Crippen LogP contribution >= 0.6 is 11.8 Å². The van der Waals surface area contributed by atoms with Crippen LogP contribution in [0.25, 0.3) is 0 Å². The molecule has 1 aromatic carbocycles. The normalized spacial score (nSPS) is 20.2. The van der Waals surface area contributed by atoms with Crippen LogP contribution in [-0.4, -0.2) is 45.8 Å². The summed E-state index contributed by atoms with van der Waals surface area (Å²) >= 11 is 1.67. The van der Waals surface area contributed by atoms with E-state index in [1.165, 1.54) is 9.20 Å². The minimum atomic E-state index is -3.43. The van der Waals surface area contributed by atoms with E-state index in [4.69, 9.17) is 4.74 Å². The lowest BCUT2D eigenvalue weighted by Crippen LogP contribution is -2.46. The summed E-state index contributed by atoms with van der Waals surface area (Å²) in [6, 6.07) is 7.92. The third-order valence-electron chi connectivity index (χ3n) is 3.84. The summed E-state index contributed by atoms with van der Waals surface area (Å²) < 4.78 is 34.2. The van der Waals surface area contributed by atoms with Crippen molar-refractivity contribution in [2.45, 2.75) is 24.3 Å². The Bertz CT molecular complexity index is 559. The zero-order valence-electron chi connectivity index (χ0n) is 13.1. The number of rotatable bonds is 7. The Hall–Kier alpha value is -0.600. The summed E-state index contributed by atoms with van der Waals surface area (Å²) in [6.45, 7) is 2.06. The molecule has 22 heavy (non-hydrogen) atoms. The first-order valence-corrected chi connectivity index (χ1v) is 10.1. The number of piperidine rings is 1. The van der Waals surface area contributed by atoms with Crippen LogP contribution in [0.2, 0.25) is 0 Å². The number of nitrogens with one attached hydrogen (secondary N) is 1. The van der Waals surface area contributed by atoms with Crippen molar-refractivity contribution >= 4 is 22.0 Å². The number of hydrogen-bond acceptors (Lipinski definition) is 4. The lowest BCUT2D eigenvalue weighted by atomic mass is 10.0. The minimum Gasteiger partial charge on any atom is -0.384 e. The molecular formula is C15H24N2O3S2. The summed E-state index contributed by atoms with van der Waals surface area (Å²) in [5.41, 5.74) is 0.965. The largest absolute Gasteiger partial charge is 0.384 e. The second-order valence-electron chi connectivity index (χ2n) is 5.50. The van der Waals surface area contributed by atoms with Crippen LogP contribution in [0.4, 0.5) is 0 Å². The van der Waals surface area contributed by atoms with Gasteiger partial charge in [0.15, 0.2) is 0 Å². The van der Waals surface area contributed by atoms with Gasteiger partial charge in [-0.25, -0.2) is 0 Å². The first-order chi connectivity index (χ1) is 10.5. The predicted octanol–water partition coefficient (Wildman–Crippen LogP) is 2.10. The lowest BCUT2D eigenvalue weighted by molar-refractivity contribution is 0.118. The molecule has 1 saturated heterocycles. The van der Waals surface area contributed by atoms with Gasteiger partial charge in [0.05, 0.1) is 6.61 Å². The van der Waals surface area contributed by atoms with Gasteiger partial charge in [-0.15, -0.1) is 11.8 Å². The number of methoxy groups -OCH3 is 1. The second kappa shape index (κ2) is 8.31. The van der Waals surface area contributed by atoms with E-state index in [-0.39, 0.29) is 5.92 Å². The van der Waals surface area contributed by atoms with Crippen LogP contribution in [0.1, 0.15) is 18.4 Å². The third kappa shape index (κ3) is 4.96. The second-order valence-corrected chi connectivity index (χ2v) is 8.13. The molecule has 0 spiro atoms. The van der Waals surface area contributed by atoms with Crippen molar-refractivity contribution in [3.63, 3.8) is 0 Å². The first-order valence-electron chi connectivity index (χ1n) is 7.42. The van der Waals surface area contributed by atoms with Gasteiger partial charge in [-0.3, -0.25) is 0 Å². The van der Waals surface area contributed by atoms with Crippen molar-refractivity contribution in [1.82, 2.24) is 9.03 Å². The zero-order chi connectivity index (χ0) is 16.0. The van der Waals surface area contributed by atoms with Gasteiger partial charge < -0.3 is 4.74 Å². The third-order valence-corrected chi connectivity index (χ3v) is 6.11. The highest BCUT2D eigenvalue weighted by atomic mass is 32.2. The Morgan fingerprint density at radius 2 is 2.09 bits per heavy atom. The standard InChI is InChI=1S/C15H24N2O3S2/c1-20-12-14-4-3-9-17(11-14)22(18,19)16-10-13-5-7-15(21-2)8-6-13/h5-8,14,16H,3-4,9-12H2,1-2H3. The van der Waals surface area contributed by atoms with Gasteiger partial charge in [0.25, 0.3) is 10.2 Å². The molecule has 7 heteroatoms. The maximum atomic E-state index is 12.4. The topological polar surface area (TPSA) is 58.6 Å². The van der Waals surface area contributed by atoms with E-state index in [1.54, 1.807) is 18.9 Å². The van der Waals surface area contributed by atoms with Crippen LogP contribution in [-0.2, 0) is 21.5 Å². The van der Waals surface area contributed by atoms with Crippen molar-refractivity contribution in [3.05, 3.63) is 29.8 Å². The number of thioether (sulfide) groups is 1. The highest BCUT2D eigenvalue weighted by molar-refractivity contribution is 7.98. The Balaban J connectivity index is 1.92. The summed E-state index contributed by atoms with van der Waals surface area (Å²) in [5, 5.41) is 0. The van der Waals surface area contributed by atoms with Gasteiger partial charge in [0.2, 0.25) is 0 Å². The summed E-state index contributed by atoms with van der Waals surface area (Å²) in [7, 11) is -1.77.